The lowest BCUT2D eigenvalue weighted by Crippen LogP contribution is -2.15. The van der Waals surface area contributed by atoms with Gasteiger partial charge in [0.15, 0.2) is 0 Å². The van der Waals surface area contributed by atoms with Crippen molar-refractivity contribution in [3.63, 3.8) is 0 Å². The number of rotatable bonds is 11. The first-order chi connectivity index (χ1) is 9.72. The van der Waals surface area contributed by atoms with Gasteiger partial charge in [0.05, 0.1) is 19.5 Å². The molecule has 0 aliphatic rings. The summed E-state index contributed by atoms with van der Waals surface area (Å²) in [5.74, 6) is 1.64. The van der Waals surface area contributed by atoms with E-state index in [1.54, 1.807) is 0 Å². The smallest absolute Gasteiger partial charge is 0.119 e. The Labute approximate surface area is 123 Å². The van der Waals surface area contributed by atoms with Crippen molar-refractivity contribution in [2.75, 3.05) is 19.8 Å². The summed E-state index contributed by atoms with van der Waals surface area (Å²) >= 11 is 0. The second-order valence-corrected chi connectivity index (χ2v) is 5.24. The molecule has 0 heterocycles. The molecule has 0 amide bonds. The van der Waals surface area contributed by atoms with Gasteiger partial charge in [-0.15, -0.1) is 0 Å². The summed E-state index contributed by atoms with van der Waals surface area (Å²) in [6, 6.07) is 8.30. The SMILES string of the molecule is C=COCCCNCc1ccc(OCCC(C)C)cc1. The van der Waals surface area contributed by atoms with Crippen molar-refractivity contribution in [1.29, 1.82) is 0 Å². The van der Waals surface area contributed by atoms with Crippen LogP contribution in [0.5, 0.6) is 5.75 Å². The van der Waals surface area contributed by atoms with E-state index < -0.39 is 0 Å². The van der Waals surface area contributed by atoms with Crippen molar-refractivity contribution in [1.82, 2.24) is 5.32 Å². The van der Waals surface area contributed by atoms with Crippen LogP contribution in [0.3, 0.4) is 0 Å². The Bertz CT molecular complexity index is 360. The molecule has 112 valence electrons. The third kappa shape index (κ3) is 7.85. The standard InChI is InChI=1S/C17H27NO2/c1-4-19-12-5-11-18-14-16-6-8-17(9-7-16)20-13-10-15(2)3/h4,6-9,15,18H,1,5,10-14H2,2-3H3. The van der Waals surface area contributed by atoms with E-state index in [-0.39, 0.29) is 0 Å². The van der Waals surface area contributed by atoms with Gasteiger partial charge in [0.2, 0.25) is 0 Å². The summed E-state index contributed by atoms with van der Waals surface area (Å²) in [6.07, 6.45) is 3.57. The van der Waals surface area contributed by atoms with Crippen LogP contribution < -0.4 is 10.1 Å². The van der Waals surface area contributed by atoms with Gasteiger partial charge < -0.3 is 14.8 Å². The van der Waals surface area contributed by atoms with Crippen LogP contribution >= 0.6 is 0 Å². The summed E-state index contributed by atoms with van der Waals surface area (Å²) in [6.45, 7) is 11.3. The normalized spacial score (nSPS) is 10.6. The first kappa shape index (κ1) is 16.6. The number of benzene rings is 1. The summed E-state index contributed by atoms with van der Waals surface area (Å²) in [4.78, 5) is 0. The van der Waals surface area contributed by atoms with Crippen molar-refractivity contribution in [3.8, 4) is 5.75 Å². The molecule has 20 heavy (non-hydrogen) atoms. The average molecular weight is 277 g/mol. The highest BCUT2D eigenvalue weighted by Crippen LogP contribution is 2.13. The van der Waals surface area contributed by atoms with Crippen LogP contribution in [-0.4, -0.2) is 19.8 Å². The van der Waals surface area contributed by atoms with E-state index in [0.717, 1.165) is 44.9 Å². The van der Waals surface area contributed by atoms with E-state index in [0.29, 0.717) is 5.92 Å². The van der Waals surface area contributed by atoms with Crippen LogP contribution in [0.15, 0.2) is 37.1 Å². The molecule has 0 aromatic heterocycles. The third-order valence-corrected chi connectivity index (χ3v) is 2.95. The second-order valence-electron chi connectivity index (χ2n) is 5.24. The molecule has 3 heteroatoms. The zero-order valence-corrected chi connectivity index (χ0v) is 12.7. The van der Waals surface area contributed by atoms with E-state index in [9.17, 15) is 0 Å². The molecule has 1 aromatic rings. The predicted octanol–water partition coefficient (Wildman–Crippen LogP) is 3.75. The van der Waals surface area contributed by atoms with Crippen LogP contribution in [0.25, 0.3) is 0 Å². The lowest BCUT2D eigenvalue weighted by molar-refractivity contribution is 0.244. The Morgan fingerprint density at radius 3 is 2.60 bits per heavy atom. The Morgan fingerprint density at radius 2 is 1.95 bits per heavy atom. The Morgan fingerprint density at radius 1 is 1.20 bits per heavy atom. The molecule has 0 atom stereocenters. The summed E-state index contributed by atoms with van der Waals surface area (Å²) < 4.78 is 10.8. The third-order valence-electron chi connectivity index (χ3n) is 2.95. The fourth-order valence-electron chi connectivity index (χ4n) is 1.71. The predicted molar refractivity (Wildman–Crippen MR) is 83.9 cm³/mol. The maximum absolute atomic E-state index is 5.70. The largest absolute Gasteiger partial charge is 0.502 e. The van der Waals surface area contributed by atoms with Gasteiger partial charge in [0, 0.05) is 6.54 Å². The molecular weight excluding hydrogens is 250 g/mol. The van der Waals surface area contributed by atoms with Crippen molar-refractivity contribution in [2.45, 2.75) is 33.2 Å². The highest BCUT2D eigenvalue weighted by atomic mass is 16.5. The molecule has 1 aromatic carbocycles. The van der Waals surface area contributed by atoms with E-state index >= 15 is 0 Å². The Hall–Kier alpha value is -1.48. The minimum absolute atomic E-state index is 0.684. The summed E-state index contributed by atoms with van der Waals surface area (Å²) in [5, 5.41) is 3.38. The molecule has 0 bridgehead atoms. The number of hydrogen-bond donors (Lipinski definition) is 1. The van der Waals surface area contributed by atoms with Gasteiger partial charge in [-0.2, -0.15) is 0 Å². The maximum Gasteiger partial charge on any atom is 0.119 e. The monoisotopic (exact) mass is 277 g/mol. The van der Waals surface area contributed by atoms with Gasteiger partial charge in [-0.3, -0.25) is 0 Å². The molecule has 0 saturated carbocycles. The minimum atomic E-state index is 0.684. The zero-order valence-electron chi connectivity index (χ0n) is 12.7. The number of nitrogens with one attached hydrogen (secondary N) is 1. The fraction of sp³-hybridized carbons (Fsp3) is 0.529. The molecule has 0 unspecified atom stereocenters. The second kappa shape index (κ2) is 10.3. The van der Waals surface area contributed by atoms with Crippen LogP contribution in [0, 0.1) is 5.92 Å². The van der Waals surface area contributed by atoms with E-state index in [2.05, 4.69) is 37.9 Å². The molecule has 0 fully saturated rings. The highest BCUT2D eigenvalue weighted by Gasteiger charge is 1.98. The Balaban J connectivity index is 2.16. The van der Waals surface area contributed by atoms with E-state index in [4.69, 9.17) is 9.47 Å². The highest BCUT2D eigenvalue weighted by molar-refractivity contribution is 5.27. The first-order valence-electron chi connectivity index (χ1n) is 7.37. The zero-order chi connectivity index (χ0) is 14.6. The fourth-order valence-corrected chi connectivity index (χ4v) is 1.71. The molecule has 1 rings (SSSR count). The topological polar surface area (TPSA) is 30.5 Å². The quantitative estimate of drug-likeness (QED) is 0.493. The first-order valence-corrected chi connectivity index (χ1v) is 7.37. The van der Waals surface area contributed by atoms with Crippen LogP contribution in [0.4, 0.5) is 0 Å². The maximum atomic E-state index is 5.70. The van der Waals surface area contributed by atoms with E-state index in [1.165, 1.54) is 11.8 Å². The summed E-state index contributed by atoms with van der Waals surface area (Å²) in [5.41, 5.74) is 1.27. The lowest BCUT2D eigenvalue weighted by Gasteiger charge is -2.09. The molecule has 0 spiro atoms. The molecule has 0 aliphatic heterocycles. The van der Waals surface area contributed by atoms with Crippen LogP contribution in [0.1, 0.15) is 32.3 Å². The van der Waals surface area contributed by atoms with Crippen molar-refractivity contribution >= 4 is 0 Å². The van der Waals surface area contributed by atoms with Crippen molar-refractivity contribution in [3.05, 3.63) is 42.7 Å². The molecule has 1 N–H and O–H groups in total. The molecule has 0 radical (unpaired) electrons. The minimum Gasteiger partial charge on any atom is -0.502 e. The molecule has 3 nitrogen and oxygen atoms in total. The number of ether oxygens (including phenoxy) is 2. The average Bonchev–Trinajstić information content (AvgIpc) is 2.44. The Kier molecular flexibility index (Phi) is 8.56. The molecule has 0 saturated heterocycles. The van der Waals surface area contributed by atoms with Gasteiger partial charge in [0.25, 0.3) is 0 Å². The molecular formula is C17H27NO2. The van der Waals surface area contributed by atoms with Gasteiger partial charge in [-0.1, -0.05) is 32.6 Å². The van der Waals surface area contributed by atoms with Crippen LogP contribution in [0.2, 0.25) is 0 Å². The van der Waals surface area contributed by atoms with Gasteiger partial charge in [0.1, 0.15) is 5.75 Å². The van der Waals surface area contributed by atoms with Crippen molar-refractivity contribution < 1.29 is 9.47 Å². The van der Waals surface area contributed by atoms with E-state index in [1.807, 2.05) is 12.1 Å². The molecule has 0 aliphatic carbocycles. The van der Waals surface area contributed by atoms with Crippen molar-refractivity contribution in [2.24, 2.45) is 5.92 Å². The van der Waals surface area contributed by atoms with Gasteiger partial charge >= 0.3 is 0 Å². The van der Waals surface area contributed by atoms with Gasteiger partial charge in [-0.25, -0.2) is 0 Å². The number of hydrogen-bond acceptors (Lipinski definition) is 3. The van der Waals surface area contributed by atoms with Gasteiger partial charge in [-0.05, 0) is 43.0 Å². The lowest BCUT2D eigenvalue weighted by atomic mass is 10.1. The van der Waals surface area contributed by atoms with Crippen LogP contribution in [-0.2, 0) is 11.3 Å². The summed E-state index contributed by atoms with van der Waals surface area (Å²) in [7, 11) is 0.